The predicted molar refractivity (Wildman–Crippen MR) is 53.0 cm³/mol. The van der Waals surface area contributed by atoms with Crippen LogP contribution in [0.15, 0.2) is 42.1 Å². The first-order chi connectivity index (χ1) is 6.92. The highest BCUT2D eigenvalue weighted by molar-refractivity contribution is 5.16. The van der Waals surface area contributed by atoms with E-state index in [9.17, 15) is 4.91 Å². The van der Waals surface area contributed by atoms with Gasteiger partial charge in [-0.05, 0) is 24.5 Å². The van der Waals surface area contributed by atoms with Crippen LogP contribution in [-0.2, 0) is 0 Å². The Morgan fingerprint density at radius 1 is 1.57 bits per heavy atom. The number of nitroso groups, excluding NO2 is 1. The van der Waals surface area contributed by atoms with Gasteiger partial charge in [0.05, 0.1) is 11.3 Å². The molecule has 0 amide bonds. The molecule has 2 heterocycles. The van der Waals surface area contributed by atoms with Gasteiger partial charge in [-0.3, -0.25) is 4.98 Å². The third-order valence-electron chi connectivity index (χ3n) is 2.35. The lowest BCUT2D eigenvalue weighted by atomic mass is 10.0. The Bertz CT molecular complexity index is 336. The van der Waals surface area contributed by atoms with Gasteiger partial charge in [0.1, 0.15) is 0 Å². The third kappa shape index (κ3) is 1.64. The van der Waals surface area contributed by atoms with Crippen molar-refractivity contribution < 1.29 is 0 Å². The molecular formula is C10H11N3O. The average Bonchev–Trinajstić information content (AvgIpc) is 2.30. The van der Waals surface area contributed by atoms with Gasteiger partial charge in [0.15, 0.2) is 0 Å². The number of allylic oxidation sites excluding steroid dienone is 1. The highest BCUT2D eigenvalue weighted by atomic mass is 16.3. The summed E-state index contributed by atoms with van der Waals surface area (Å²) >= 11 is 0. The maximum atomic E-state index is 10.5. The lowest BCUT2D eigenvalue weighted by Crippen LogP contribution is -2.20. The van der Waals surface area contributed by atoms with E-state index in [1.807, 2.05) is 18.2 Å². The van der Waals surface area contributed by atoms with Crippen molar-refractivity contribution in [3.8, 4) is 0 Å². The Kier molecular flexibility index (Phi) is 2.53. The molecule has 2 rings (SSSR count). The fourth-order valence-corrected chi connectivity index (χ4v) is 1.65. The van der Waals surface area contributed by atoms with Crippen molar-refractivity contribution in [3.05, 3.63) is 47.3 Å². The zero-order chi connectivity index (χ0) is 9.80. The van der Waals surface area contributed by atoms with Gasteiger partial charge in [0.25, 0.3) is 0 Å². The minimum Gasteiger partial charge on any atom is -0.264 e. The fraction of sp³-hybridized carbons (Fsp3) is 0.300. The molecule has 0 bridgehead atoms. The second-order valence-corrected chi connectivity index (χ2v) is 3.23. The number of hydrogen-bond donors (Lipinski definition) is 0. The summed E-state index contributed by atoms with van der Waals surface area (Å²) in [6, 6.07) is 3.89. The van der Waals surface area contributed by atoms with Crippen molar-refractivity contribution in [1.82, 2.24) is 9.99 Å². The topological polar surface area (TPSA) is 45.6 Å². The van der Waals surface area contributed by atoms with Crippen LogP contribution in [-0.4, -0.2) is 9.99 Å². The van der Waals surface area contributed by atoms with Gasteiger partial charge >= 0.3 is 0 Å². The number of nitrogens with zero attached hydrogens (tertiary/aromatic N) is 3. The number of rotatable bonds is 2. The summed E-state index contributed by atoms with van der Waals surface area (Å²) in [5.41, 5.74) is 1.04. The summed E-state index contributed by atoms with van der Waals surface area (Å²) in [5, 5.41) is 4.42. The molecule has 0 radical (unpaired) electrons. The molecule has 0 N–H and O–H groups in total. The highest BCUT2D eigenvalue weighted by Gasteiger charge is 2.20. The number of aromatic nitrogens is 1. The fourth-order valence-electron chi connectivity index (χ4n) is 1.65. The molecule has 14 heavy (non-hydrogen) atoms. The molecular weight excluding hydrogens is 178 g/mol. The molecule has 0 fully saturated rings. The van der Waals surface area contributed by atoms with E-state index in [-0.39, 0.29) is 6.04 Å². The van der Waals surface area contributed by atoms with Crippen LogP contribution in [0.5, 0.6) is 0 Å². The smallest absolute Gasteiger partial charge is 0.0818 e. The molecule has 0 saturated carbocycles. The third-order valence-corrected chi connectivity index (χ3v) is 2.35. The Morgan fingerprint density at radius 3 is 3.21 bits per heavy atom. The average molecular weight is 189 g/mol. The summed E-state index contributed by atoms with van der Waals surface area (Å²) in [6.07, 6.45) is 9.07. The highest BCUT2D eigenvalue weighted by Crippen LogP contribution is 2.28. The number of pyridine rings is 1. The maximum absolute atomic E-state index is 10.5. The lowest BCUT2D eigenvalue weighted by molar-refractivity contribution is 0.261. The summed E-state index contributed by atoms with van der Waals surface area (Å²) in [6.45, 7) is 0. The lowest BCUT2D eigenvalue weighted by Gasteiger charge is -2.26. The van der Waals surface area contributed by atoms with Gasteiger partial charge in [-0.1, -0.05) is 12.1 Å². The van der Waals surface area contributed by atoms with Crippen LogP contribution in [0.4, 0.5) is 0 Å². The van der Waals surface area contributed by atoms with E-state index in [1.54, 1.807) is 18.6 Å². The van der Waals surface area contributed by atoms with E-state index in [4.69, 9.17) is 0 Å². The van der Waals surface area contributed by atoms with E-state index in [1.165, 1.54) is 5.01 Å². The summed E-state index contributed by atoms with van der Waals surface area (Å²) in [5.74, 6) is 0. The van der Waals surface area contributed by atoms with Crippen molar-refractivity contribution in [2.75, 3.05) is 0 Å². The zero-order valence-corrected chi connectivity index (χ0v) is 7.71. The molecule has 1 aromatic heterocycles. The van der Waals surface area contributed by atoms with Gasteiger partial charge < -0.3 is 0 Å². The van der Waals surface area contributed by atoms with Crippen molar-refractivity contribution in [2.24, 2.45) is 5.29 Å². The van der Waals surface area contributed by atoms with E-state index in [0.717, 1.165) is 18.4 Å². The molecule has 1 aliphatic rings. The molecule has 1 aromatic rings. The molecule has 1 atom stereocenters. The van der Waals surface area contributed by atoms with Gasteiger partial charge in [-0.25, -0.2) is 5.01 Å². The van der Waals surface area contributed by atoms with Crippen LogP contribution in [0.2, 0.25) is 0 Å². The first-order valence-corrected chi connectivity index (χ1v) is 4.60. The minimum absolute atomic E-state index is 0.0474. The van der Waals surface area contributed by atoms with Crippen molar-refractivity contribution in [2.45, 2.75) is 18.9 Å². The summed E-state index contributed by atoms with van der Waals surface area (Å²) in [4.78, 5) is 14.6. The maximum Gasteiger partial charge on any atom is 0.0818 e. The van der Waals surface area contributed by atoms with Crippen LogP contribution < -0.4 is 0 Å². The first kappa shape index (κ1) is 8.87. The largest absolute Gasteiger partial charge is 0.264 e. The Morgan fingerprint density at radius 2 is 2.50 bits per heavy atom. The summed E-state index contributed by atoms with van der Waals surface area (Å²) < 4.78 is 0. The van der Waals surface area contributed by atoms with Gasteiger partial charge in [0.2, 0.25) is 0 Å². The van der Waals surface area contributed by atoms with Crippen LogP contribution >= 0.6 is 0 Å². The zero-order valence-electron chi connectivity index (χ0n) is 7.71. The van der Waals surface area contributed by atoms with E-state index < -0.39 is 0 Å². The predicted octanol–water partition coefficient (Wildman–Crippen LogP) is 2.41. The molecule has 4 nitrogen and oxygen atoms in total. The van der Waals surface area contributed by atoms with Crippen LogP contribution in [0.1, 0.15) is 24.4 Å². The molecule has 0 spiro atoms. The van der Waals surface area contributed by atoms with Crippen molar-refractivity contribution >= 4 is 0 Å². The van der Waals surface area contributed by atoms with Crippen LogP contribution in [0.25, 0.3) is 0 Å². The molecule has 1 aliphatic heterocycles. The normalized spacial score (nSPS) is 20.9. The molecule has 0 aromatic carbocycles. The van der Waals surface area contributed by atoms with Crippen molar-refractivity contribution in [1.29, 1.82) is 0 Å². The molecule has 0 saturated heterocycles. The van der Waals surface area contributed by atoms with Crippen LogP contribution in [0, 0.1) is 4.91 Å². The van der Waals surface area contributed by atoms with E-state index in [0.29, 0.717) is 0 Å². The molecule has 72 valence electrons. The standard InChI is InChI=1S/C10H11N3O/c14-12-13-7-2-1-5-10(13)9-4-3-6-11-8-9/h2-4,6-8,10H,1,5H2/t10-/m1/s1. The van der Waals surface area contributed by atoms with E-state index >= 15 is 0 Å². The quantitative estimate of drug-likeness (QED) is 0.671. The van der Waals surface area contributed by atoms with Gasteiger partial charge in [-0.15, -0.1) is 4.91 Å². The monoisotopic (exact) mass is 189 g/mol. The molecule has 0 aliphatic carbocycles. The Balaban J connectivity index is 2.25. The van der Waals surface area contributed by atoms with Crippen LogP contribution in [0.3, 0.4) is 0 Å². The summed E-state index contributed by atoms with van der Waals surface area (Å²) in [7, 11) is 0. The van der Waals surface area contributed by atoms with E-state index in [2.05, 4.69) is 10.3 Å². The van der Waals surface area contributed by atoms with Gasteiger partial charge in [0, 0.05) is 18.6 Å². The molecule has 4 heteroatoms. The Labute approximate surface area is 82.2 Å². The second-order valence-electron chi connectivity index (χ2n) is 3.23. The SMILES string of the molecule is O=NN1C=CCC[C@@H]1c1cccnc1. The minimum atomic E-state index is 0.0474. The number of hydrogen-bond acceptors (Lipinski definition) is 3. The van der Waals surface area contributed by atoms with Gasteiger partial charge in [-0.2, -0.15) is 0 Å². The molecule has 0 unspecified atom stereocenters. The Hall–Kier alpha value is -1.71. The van der Waals surface area contributed by atoms with Crippen molar-refractivity contribution in [3.63, 3.8) is 0 Å². The first-order valence-electron chi connectivity index (χ1n) is 4.60. The second kappa shape index (κ2) is 4.00.